The number of nitrogens with zero attached hydrogens (tertiary/aromatic N) is 5. The van der Waals surface area contributed by atoms with Crippen LogP contribution in [0.15, 0.2) is 239 Å². The van der Waals surface area contributed by atoms with Gasteiger partial charge in [0.25, 0.3) is 0 Å². The van der Waals surface area contributed by atoms with Crippen LogP contribution in [0, 0.1) is 0 Å². The molecule has 0 amide bonds. The lowest BCUT2D eigenvalue weighted by molar-refractivity contribution is -0.00876. The molecule has 0 saturated carbocycles. The first-order chi connectivity index (χ1) is 39.1. The molecule has 9 nitrogen and oxygen atoms in total. The first-order valence-electron chi connectivity index (χ1n) is 26.9. The van der Waals surface area contributed by atoms with Crippen molar-refractivity contribution < 1.29 is 18.5 Å². The Kier molecular flexibility index (Phi) is 11.3. The first kappa shape index (κ1) is 48.0. The third kappa shape index (κ3) is 8.10. The van der Waals surface area contributed by atoms with Crippen molar-refractivity contribution in [3.05, 3.63) is 241 Å². The van der Waals surface area contributed by atoms with Gasteiger partial charge in [-0.3, -0.25) is 4.90 Å². The molecule has 13 aromatic rings. The van der Waals surface area contributed by atoms with Gasteiger partial charge in [-0.15, -0.1) is 0 Å². The minimum Gasteiger partial charge on any atom is -0.454 e. The summed E-state index contributed by atoms with van der Waals surface area (Å²) in [6, 6.07) is 79.5. The number of ether oxygens (including phenoxy) is 1. The van der Waals surface area contributed by atoms with Crippen LogP contribution in [0.3, 0.4) is 0 Å². The van der Waals surface area contributed by atoms with E-state index in [1.807, 2.05) is 60.7 Å². The second-order valence-electron chi connectivity index (χ2n) is 21.4. The summed E-state index contributed by atoms with van der Waals surface area (Å²) in [4.78, 5) is 17.7. The fraction of sp³-hybridized carbons (Fsp3) is 0.0870. The second-order valence-corrected chi connectivity index (χ2v) is 22.3. The number of hydrogen-bond acceptors (Lipinski definition) is 8. The van der Waals surface area contributed by atoms with E-state index in [2.05, 4.69) is 216 Å². The van der Waals surface area contributed by atoms with Crippen LogP contribution in [-0.2, 0) is 15.7 Å². The molecule has 3 aromatic heterocycles. The standard InChI is InChI=1S/C69H49BBrN5O4/c1-68(2)69(3,80-70(79-68)49-23-14-20-45(38-49)46-33-35-59-63(40-46)77-62-32-12-10-29-58(62)76(59)60-30-16-27-54-53-26-8-11-31-61(53)78-64(54)60)42-43-17-13-21-47(37-43)66-72-65(44-18-5-4-6-19-44)73-67(74-66)48-22-15-24-51(39-48)75-56-28-9-7-25-52(56)55-41-50(71)34-36-57(55)75/h4-41H,42H2,1-3H3. The van der Waals surface area contributed by atoms with E-state index in [-0.39, 0.29) is 0 Å². The van der Waals surface area contributed by atoms with Crippen molar-refractivity contribution in [1.82, 2.24) is 19.5 Å². The zero-order chi connectivity index (χ0) is 53.7. The van der Waals surface area contributed by atoms with E-state index in [0.29, 0.717) is 23.9 Å². The minimum atomic E-state index is -0.714. The molecule has 80 heavy (non-hydrogen) atoms. The number of furan rings is 1. The zero-order valence-electron chi connectivity index (χ0n) is 44.0. The molecule has 2 aliphatic rings. The van der Waals surface area contributed by atoms with Crippen LogP contribution >= 0.6 is 15.9 Å². The quantitative estimate of drug-likeness (QED) is 0.132. The van der Waals surface area contributed by atoms with Crippen molar-refractivity contribution in [2.75, 3.05) is 4.90 Å². The Morgan fingerprint density at radius 2 is 1.10 bits per heavy atom. The summed E-state index contributed by atoms with van der Waals surface area (Å²) in [5.74, 6) is 3.27. The summed E-state index contributed by atoms with van der Waals surface area (Å²) in [6.45, 7) is 6.39. The van der Waals surface area contributed by atoms with Crippen molar-refractivity contribution in [3.8, 4) is 62.5 Å². The van der Waals surface area contributed by atoms with Crippen LogP contribution in [0.25, 0.3) is 94.7 Å². The third-order valence-corrected chi connectivity index (χ3v) is 16.6. The SMILES string of the molecule is CC1(C)OB(c2cccc(-c3ccc4c(c3)Oc3ccccc3N4c3cccc4c3oc3ccccc34)c2)OC1(C)Cc1cccc(-c2nc(-c3ccccc3)nc(-c3cccc(-n4c5ccccc5c5cc(Br)ccc54)c3)n2)c1. The molecule has 1 fully saturated rings. The molecule has 1 saturated heterocycles. The van der Waals surface area contributed by atoms with E-state index >= 15 is 0 Å². The number of fused-ring (bicyclic) bond motifs is 8. The average molecular weight is 1100 g/mol. The van der Waals surface area contributed by atoms with Gasteiger partial charge in [0.1, 0.15) is 5.58 Å². The highest BCUT2D eigenvalue weighted by Gasteiger charge is 2.54. The van der Waals surface area contributed by atoms with Gasteiger partial charge < -0.3 is 23.0 Å². The molecule has 384 valence electrons. The van der Waals surface area contributed by atoms with Gasteiger partial charge in [-0.2, -0.15) is 0 Å². The molecule has 2 aliphatic heterocycles. The molecule has 0 aliphatic carbocycles. The van der Waals surface area contributed by atoms with Gasteiger partial charge in [0.2, 0.25) is 0 Å². The van der Waals surface area contributed by atoms with Crippen LogP contribution in [0.2, 0.25) is 0 Å². The van der Waals surface area contributed by atoms with Crippen molar-refractivity contribution in [1.29, 1.82) is 0 Å². The lowest BCUT2D eigenvalue weighted by atomic mass is 9.78. The summed E-state index contributed by atoms with van der Waals surface area (Å²) < 4.78 is 30.6. The molecule has 0 spiro atoms. The number of anilines is 3. The Balaban J connectivity index is 0.728. The van der Waals surface area contributed by atoms with Gasteiger partial charge in [0, 0.05) is 54.8 Å². The zero-order valence-corrected chi connectivity index (χ0v) is 45.6. The number of para-hydroxylation sites is 5. The van der Waals surface area contributed by atoms with Crippen molar-refractivity contribution >= 4 is 89.3 Å². The molecule has 0 bridgehead atoms. The number of halogens is 1. The van der Waals surface area contributed by atoms with Gasteiger partial charge >= 0.3 is 7.12 Å². The lowest BCUT2D eigenvalue weighted by Crippen LogP contribution is -2.46. The normalized spacial score (nSPS) is 15.7. The maximum absolute atomic E-state index is 7.09. The van der Waals surface area contributed by atoms with Crippen LogP contribution in [0.4, 0.5) is 17.1 Å². The molecule has 5 heterocycles. The smallest absolute Gasteiger partial charge is 0.454 e. The van der Waals surface area contributed by atoms with E-state index in [4.69, 9.17) is 33.4 Å². The molecule has 0 N–H and O–H groups in total. The van der Waals surface area contributed by atoms with E-state index in [1.165, 1.54) is 10.8 Å². The van der Waals surface area contributed by atoms with E-state index in [9.17, 15) is 0 Å². The topological polar surface area (TPSA) is 87.7 Å². The van der Waals surface area contributed by atoms with Gasteiger partial charge in [-0.05, 0) is 122 Å². The molecular weight excluding hydrogens is 1050 g/mol. The monoisotopic (exact) mass is 1100 g/mol. The minimum absolute atomic E-state index is 0.576. The van der Waals surface area contributed by atoms with E-state index in [0.717, 1.165) is 111 Å². The number of hydrogen-bond donors (Lipinski definition) is 0. The first-order valence-corrected chi connectivity index (χ1v) is 27.7. The van der Waals surface area contributed by atoms with Gasteiger partial charge in [-0.25, -0.2) is 15.0 Å². The van der Waals surface area contributed by atoms with Crippen LogP contribution < -0.4 is 15.1 Å². The molecule has 15 rings (SSSR count). The van der Waals surface area contributed by atoms with E-state index < -0.39 is 18.3 Å². The fourth-order valence-corrected chi connectivity index (χ4v) is 12.1. The average Bonchev–Trinajstić information content (AvgIpc) is 4.23. The lowest BCUT2D eigenvalue weighted by Gasteiger charge is -2.36. The summed E-state index contributed by atoms with van der Waals surface area (Å²) in [5.41, 5.74) is 13.0. The van der Waals surface area contributed by atoms with Crippen LogP contribution in [-0.4, -0.2) is 37.8 Å². The molecule has 1 atom stereocenters. The maximum atomic E-state index is 7.09. The van der Waals surface area contributed by atoms with Gasteiger partial charge in [0.15, 0.2) is 34.6 Å². The highest BCUT2D eigenvalue weighted by Crippen LogP contribution is 2.53. The largest absolute Gasteiger partial charge is 0.494 e. The predicted molar refractivity (Wildman–Crippen MR) is 326 cm³/mol. The number of aromatic nitrogens is 4. The molecule has 10 aromatic carbocycles. The molecule has 0 radical (unpaired) electrons. The highest BCUT2D eigenvalue weighted by atomic mass is 79.9. The van der Waals surface area contributed by atoms with Crippen molar-refractivity contribution in [2.24, 2.45) is 0 Å². The summed E-state index contributed by atoms with van der Waals surface area (Å²) >= 11 is 3.71. The van der Waals surface area contributed by atoms with Gasteiger partial charge in [0.05, 0.1) is 39.3 Å². The summed E-state index contributed by atoms with van der Waals surface area (Å²) in [6.07, 6.45) is 0.576. The fourth-order valence-electron chi connectivity index (χ4n) is 11.7. The number of rotatable bonds is 9. The van der Waals surface area contributed by atoms with Gasteiger partial charge in [-0.1, -0.05) is 168 Å². The Morgan fingerprint density at radius 1 is 0.463 bits per heavy atom. The van der Waals surface area contributed by atoms with Crippen molar-refractivity contribution in [2.45, 2.75) is 38.4 Å². The van der Waals surface area contributed by atoms with Crippen LogP contribution in [0.5, 0.6) is 11.5 Å². The Bertz CT molecular complexity index is 4610. The Hall–Kier alpha value is -9.13. The second kappa shape index (κ2) is 18.8. The van der Waals surface area contributed by atoms with Crippen molar-refractivity contribution in [3.63, 3.8) is 0 Å². The Morgan fingerprint density at radius 3 is 1.96 bits per heavy atom. The number of benzene rings is 10. The Labute approximate surface area is 471 Å². The van der Waals surface area contributed by atoms with E-state index in [1.54, 1.807) is 0 Å². The molecular formula is C69H49BBrN5O4. The molecule has 11 heteroatoms. The summed E-state index contributed by atoms with van der Waals surface area (Å²) in [5, 5.41) is 4.52. The third-order valence-electron chi connectivity index (χ3n) is 16.1. The maximum Gasteiger partial charge on any atom is 0.494 e. The predicted octanol–water partition coefficient (Wildman–Crippen LogP) is 17.4. The summed E-state index contributed by atoms with van der Waals surface area (Å²) in [7, 11) is -0.613. The van der Waals surface area contributed by atoms with Crippen LogP contribution in [0.1, 0.15) is 26.3 Å². The molecule has 1 unspecified atom stereocenters. The highest BCUT2D eigenvalue weighted by molar-refractivity contribution is 9.10.